The topological polar surface area (TPSA) is 37.4 Å². The van der Waals surface area contributed by atoms with Gasteiger partial charge in [-0.05, 0) is 0 Å². The average Bonchev–Trinajstić information content (AvgIpc) is 2.43. The maximum Gasteiger partial charge on any atom is 0.233 e. The van der Waals surface area contributed by atoms with Crippen LogP contribution in [0.1, 0.15) is 15.9 Å². The van der Waals surface area contributed by atoms with Crippen LogP contribution in [0.5, 0.6) is 0 Å². The van der Waals surface area contributed by atoms with E-state index in [0.29, 0.717) is 18.7 Å². The van der Waals surface area contributed by atoms with Crippen molar-refractivity contribution >= 4 is 17.3 Å². The molecule has 19 heavy (non-hydrogen) atoms. The molecule has 0 spiro atoms. The highest BCUT2D eigenvalue weighted by Gasteiger charge is 2.27. The zero-order valence-electron chi connectivity index (χ0n) is 10.6. The first-order chi connectivity index (χ1) is 9.19. The Kier molecular flexibility index (Phi) is 3.76. The van der Waals surface area contributed by atoms with Crippen molar-refractivity contribution in [3.8, 4) is 0 Å². The quantitative estimate of drug-likeness (QED) is 0.597. The van der Waals surface area contributed by atoms with Gasteiger partial charge in [0, 0.05) is 36.0 Å². The molecule has 0 fully saturated rings. The Morgan fingerprint density at radius 1 is 1.00 bits per heavy atom. The van der Waals surface area contributed by atoms with Gasteiger partial charge in [-0.15, -0.1) is 13.2 Å². The average molecular weight is 253 g/mol. The number of carbonyl (C=O) groups excluding carboxylic acids is 2. The third-order valence-corrected chi connectivity index (χ3v) is 2.98. The predicted octanol–water partition coefficient (Wildman–Crippen LogP) is 2.47. The third kappa shape index (κ3) is 2.40. The predicted molar refractivity (Wildman–Crippen MR) is 75.7 cm³/mol. The first kappa shape index (κ1) is 13.0. The molecule has 1 aromatic carbocycles. The molecule has 96 valence electrons. The number of Topliss-reactive ketones (excluding diaryl/α,β-unsaturated/α-hetero) is 1. The lowest BCUT2D eigenvalue weighted by Gasteiger charge is -2.28. The van der Waals surface area contributed by atoms with Crippen LogP contribution in [-0.4, -0.2) is 29.6 Å². The molecule has 0 saturated carbocycles. The smallest absolute Gasteiger partial charge is 0.233 e. The highest BCUT2D eigenvalue weighted by Crippen LogP contribution is 2.27. The molecule has 1 aliphatic carbocycles. The highest BCUT2D eigenvalue weighted by molar-refractivity contribution is 6.50. The van der Waals surface area contributed by atoms with Crippen LogP contribution in [-0.2, 0) is 4.79 Å². The van der Waals surface area contributed by atoms with Crippen LogP contribution >= 0.6 is 0 Å². The molecule has 0 amide bonds. The van der Waals surface area contributed by atoms with E-state index >= 15 is 0 Å². The maximum absolute atomic E-state index is 11.8. The van der Waals surface area contributed by atoms with Gasteiger partial charge in [-0.2, -0.15) is 0 Å². The highest BCUT2D eigenvalue weighted by atomic mass is 16.2. The lowest BCUT2D eigenvalue weighted by atomic mass is 9.92. The molecular weight excluding hydrogens is 238 g/mol. The number of rotatable bonds is 5. The second kappa shape index (κ2) is 5.48. The van der Waals surface area contributed by atoms with Crippen LogP contribution < -0.4 is 0 Å². The van der Waals surface area contributed by atoms with E-state index in [1.54, 1.807) is 24.3 Å². The van der Waals surface area contributed by atoms with Crippen molar-refractivity contribution < 1.29 is 9.59 Å². The summed E-state index contributed by atoms with van der Waals surface area (Å²) in [4.78, 5) is 25.6. The normalized spacial score (nSPS) is 13.6. The number of hydrogen-bond acceptors (Lipinski definition) is 3. The fourth-order valence-electron chi connectivity index (χ4n) is 2.15. The van der Waals surface area contributed by atoms with Crippen molar-refractivity contribution in [2.24, 2.45) is 0 Å². The molecule has 0 atom stereocenters. The fraction of sp³-hybridized carbons (Fsp3) is 0.125. The van der Waals surface area contributed by atoms with Gasteiger partial charge in [0.2, 0.25) is 11.6 Å². The minimum absolute atomic E-state index is 0.448. The van der Waals surface area contributed by atoms with Crippen LogP contribution in [0.15, 0.2) is 55.7 Å². The minimum atomic E-state index is -0.480. The van der Waals surface area contributed by atoms with E-state index < -0.39 is 11.6 Å². The Balaban J connectivity index is 2.52. The van der Waals surface area contributed by atoms with Crippen LogP contribution in [0.2, 0.25) is 0 Å². The van der Waals surface area contributed by atoms with Crippen LogP contribution in [0.3, 0.4) is 0 Å². The van der Waals surface area contributed by atoms with Crippen molar-refractivity contribution in [1.29, 1.82) is 0 Å². The molecule has 0 N–H and O–H groups in total. The van der Waals surface area contributed by atoms with Gasteiger partial charge < -0.3 is 4.90 Å². The van der Waals surface area contributed by atoms with Gasteiger partial charge in [-0.3, -0.25) is 9.59 Å². The summed E-state index contributed by atoms with van der Waals surface area (Å²) in [6.45, 7) is 8.61. The first-order valence-electron chi connectivity index (χ1n) is 6.05. The number of fused-ring (bicyclic) bond motifs is 1. The van der Waals surface area contributed by atoms with E-state index in [-0.39, 0.29) is 0 Å². The van der Waals surface area contributed by atoms with E-state index in [4.69, 9.17) is 0 Å². The number of allylic oxidation sites excluding steroid dienone is 1. The van der Waals surface area contributed by atoms with E-state index in [1.165, 1.54) is 6.08 Å². The standard InChI is InChI=1S/C16H15NO2/c1-3-9-17(10-4-2)14-11-15(18)16(19)13-8-6-5-7-12(13)14/h3-8,11H,1-2,9-10H2. The molecule has 3 heteroatoms. The number of hydrogen-bond donors (Lipinski definition) is 0. The van der Waals surface area contributed by atoms with Crippen molar-refractivity contribution in [3.63, 3.8) is 0 Å². The van der Waals surface area contributed by atoms with Crippen molar-refractivity contribution in [1.82, 2.24) is 4.90 Å². The minimum Gasteiger partial charge on any atom is -0.363 e. The Hall–Kier alpha value is -2.42. The molecule has 2 rings (SSSR count). The first-order valence-corrected chi connectivity index (χ1v) is 6.05. The van der Waals surface area contributed by atoms with Crippen molar-refractivity contribution in [3.05, 3.63) is 66.8 Å². The molecule has 0 aromatic heterocycles. The van der Waals surface area contributed by atoms with Gasteiger partial charge in [0.15, 0.2) is 0 Å². The Morgan fingerprint density at radius 3 is 2.16 bits per heavy atom. The summed E-state index contributed by atoms with van der Waals surface area (Å²) >= 11 is 0. The molecule has 1 aliphatic rings. The summed E-state index contributed by atoms with van der Waals surface area (Å²) in [6, 6.07) is 7.15. The van der Waals surface area contributed by atoms with Gasteiger partial charge >= 0.3 is 0 Å². The summed E-state index contributed by atoms with van der Waals surface area (Å²) in [6.07, 6.45) is 4.92. The Morgan fingerprint density at radius 2 is 1.58 bits per heavy atom. The van der Waals surface area contributed by atoms with Crippen LogP contribution in [0, 0.1) is 0 Å². The molecule has 0 unspecified atom stereocenters. The van der Waals surface area contributed by atoms with Gasteiger partial charge in [0.1, 0.15) is 0 Å². The third-order valence-electron chi connectivity index (χ3n) is 2.98. The zero-order valence-corrected chi connectivity index (χ0v) is 10.6. The molecule has 0 radical (unpaired) electrons. The fourth-order valence-corrected chi connectivity index (χ4v) is 2.15. The van der Waals surface area contributed by atoms with Crippen molar-refractivity contribution in [2.75, 3.05) is 13.1 Å². The van der Waals surface area contributed by atoms with Crippen molar-refractivity contribution in [2.45, 2.75) is 0 Å². The van der Waals surface area contributed by atoms with Gasteiger partial charge in [0.25, 0.3) is 0 Å². The summed E-state index contributed by atoms with van der Waals surface area (Å²) in [7, 11) is 0. The summed E-state index contributed by atoms with van der Waals surface area (Å²) < 4.78 is 0. The van der Waals surface area contributed by atoms with Gasteiger partial charge in [-0.1, -0.05) is 36.4 Å². The summed E-state index contributed by atoms with van der Waals surface area (Å²) in [5.74, 6) is -0.927. The SMILES string of the molecule is C=CCN(CC=C)C1=CC(=O)C(=O)c2ccccc21. The molecule has 0 bridgehead atoms. The molecule has 0 saturated heterocycles. The van der Waals surface area contributed by atoms with Crippen LogP contribution in [0.25, 0.3) is 5.70 Å². The van der Waals surface area contributed by atoms with E-state index in [2.05, 4.69) is 13.2 Å². The Bertz CT molecular complexity index is 574. The van der Waals surface area contributed by atoms with E-state index in [9.17, 15) is 9.59 Å². The lowest BCUT2D eigenvalue weighted by molar-refractivity contribution is -0.111. The maximum atomic E-state index is 11.8. The zero-order chi connectivity index (χ0) is 13.8. The second-order valence-corrected chi connectivity index (χ2v) is 4.25. The van der Waals surface area contributed by atoms with E-state index in [1.807, 2.05) is 17.0 Å². The summed E-state index contributed by atoms with van der Waals surface area (Å²) in [5, 5.41) is 0. The number of carbonyl (C=O) groups is 2. The molecular formula is C16H15NO2. The number of nitrogens with zero attached hydrogens (tertiary/aromatic N) is 1. The molecule has 1 aromatic rings. The van der Waals surface area contributed by atoms with Gasteiger partial charge in [0.05, 0.1) is 0 Å². The van der Waals surface area contributed by atoms with Gasteiger partial charge in [-0.25, -0.2) is 0 Å². The summed E-state index contributed by atoms with van der Waals surface area (Å²) in [5.41, 5.74) is 2.00. The second-order valence-electron chi connectivity index (χ2n) is 4.25. The molecule has 0 heterocycles. The van der Waals surface area contributed by atoms with E-state index in [0.717, 1.165) is 11.3 Å². The number of ketones is 2. The molecule has 0 aliphatic heterocycles. The monoisotopic (exact) mass is 253 g/mol. The van der Waals surface area contributed by atoms with Crippen LogP contribution in [0.4, 0.5) is 0 Å². The number of benzene rings is 1. The largest absolute Gasteiger partial charge is 0.363 e. The molecule has 3 nitrogen and oxygen atoms in total. The lowest BCUT2D eigenvalue weighted by Crippen LogP contribution is -2.28. The Labute approximate surface area is 112 Å².